The van der Waals surface area contributed by atoms with Crippen LogP contribution in [0.25, 0.3) is 22.3 Å². The van der Waals surface area contributed by atoms with Crippen LogP contribution >= 0.6 is 0 Å². The van der Waals surface area contributed by atoms with Gasteiger partial charge in [0.1, 0.15) is 0 Å². The summed E-state index contributed by atoms with van der Waals surface area (Å²) in [7, 11) is 0. The Labute approximate surface area is 138 Å². The van der Waals surface area contributed by atoms with Crippen LogP contribution in [0.5, 0.6) is 0 Å². The summed E-state index contributed by atoms with van der Waals surface area (Å²) in [6, 6.07) is 17.8. The maximum absolute atomic E-state index is 2.33. The van der Waals surface area contributed by atoms with Crippen molar-refractivity contribution in [3.8, 4) is 0 Å². The van der Waals surface area contributed by atoms with Gasteiger partial charge >= 0.3 is 0 Å². The SMILES string of the molecule is CC1=c2ccccc2=C(C)C1CC1C(C)=c2ccccc2=C1C. The monoisotopic (exact) mass is 300 g/mol. The first-order valence-electron chi connectivity index (χ1n) is 8.63. The Balaban J connectivity index is 1.80. The van der Waals surface area contributed by atoms with E-state index < -0.39 is 0 Å². The molecule has 0 atom stereocenters. The molecule has 4 rings (SSSR count). The van der Waals surface area contributed by atoms with Crippen molar-refractivity contribution in [3.63, 3.8) is 0 Å². The Morgan fingerprint density at radius 3 is 1.04 bits per heavy atom. The Morgan fingerprint density at radius 1 is 0.522 bits per heavy atom. The van der Waals surface area contributed by atoms with Crippen LogP contribution in [0.4, 0.5) is 0 Å². The van der Waals surface area contributed by atoms with E-state index in [2.05, 4.69) is 76.2 Å². The van der Waals surface area contributed by atoms with E-state index in [1.54, 1.807) is 22.3 Å². The lowest BCUT2D eigenvalue weighted by molar-refractivity contribution is 0.665. The molecule has 0 spiro atoms. The molecule has 0 aliphatic heterocycles. The van der Waals surface area contributed by atoms with Gasteiger partial charge in [0.05, 0.1) is 0 Å². The van der Waals surface area contributed by atoms with Crippen molar-refractivity contribution in [3.05, 3.63) is 69.4 Å². The highest BCUT2D eigenvalue weighted by Gasteiger charge is 2.28. The molecular formula is C23H24. The van der Waals surface area contributed by atoms with Gasteiger partial charge in [0, 0.05) is 11.8 Å². The largest absolute Gasteiger partial charge is 0.0616 e. The zero-order chi connectivity index (χ0) is 16.1. The quantitative estimate of drug-likeness (QED) is 0.800. The first-order valence-corrected chi connectivity index (χ1v) is 8.63. The molecule has 0 N–H and O–H groups in total. The lowest BCUT2D eigenvalue weighted by atomic mass is 9.82. The summed E-state index contributed by atoms with van der Waals surface area (Å²) in [5.41, 5.74) is 6.20. The Hall–Kier alpha value is -2.08. The molecule has 116 valence electrons. The second-order valence-electron chi connectivity index (χ2n) is 7.16. The average molecular weight is 300 g/mol. The van der Waals surface area contributed by atoms with Gasteiger partial charge < -0.3 is 0 Å². The fourth-order valence-corrected chi connectivity index (χ4v) is 4.68. The van der Waals surface area contributed by atoms with Crippen LogP contribution in [0.3, 0.4) is 0 Å². The van der Waals surface area contributed by atoms with Crippen LogP contribution in [0.2, 0.25) is 0 Å². The summed E-state index contributed by atoms with van der Waals surface area (Å²) in [5.74, 6) is 1.16. The van der Waals surface area contributed by atoms with Crippen LogP contribution in [0, 0.1) is 11.8 Å². The summed E-state index contributed by atoms with van der Waals surface area (Å²) >= 11 is 0. The fourth-order valence-electron chi connectivity index (χ4n) is 4.68. The van der Waals surface area contributed by atoms with E-state index in [-0.39, 0.29) is 0 Å². The Bertz CT molecular complexity index is 866. The van der Waals surface area contributed by atoms with E-state index in [0.29, 0.717) is 11.8 Å². The van der Waals surface area contributed by atoms with Gasteiger partial charge in [-0.25, -0.2) is 0 Å². The van der Waals surface area contributed by atoms with Crippen LogP contribution < -0.4 is 20.9 Å². The molecule has 0 heteroatoms. The summed E-state index contributed by atoms with van der Waals surface area (Å²) in [5, 5.41) is 5.84. The second kappa shape index (κ2) is 5.23. The van der Waals surface area contributed by atoms with Gasteiger partial charge in [0.2, 0.25) is 0 Å². The van der Waals surface area contributed by atoms with Crippen molar-refractivity contribution in [2.24, 2.45) is 11.8 Å². The van der Waals surface area contributed by atoms with Crippen molar-refractivity contribution in [1.29, 1.82) is 0 Å². The minimum atomic E-state index is 0.580. The van der Waals surface area contributed by atoms with Crippen molar-refractivity contribution >= 4 is 22.3 Å². The molecule has 0 fully saturated rings. The third-order valence-electron chi connectivity index (χ3n) is 6.12. The van der Waals surface area contributed by atoms with E-state index in [1.165, 1.54) is 27.3 Å². The molecule has 0 aromatic heterocycles. The van der Waals surface area contributed by atoms with Gasteiger partial charge in [0.25, 0.3) is 0 Å². The first kappa shape index (κ1) is 14.5. The standard InChI is InChI=1S/C23H24/c1-14-18-9-5-6-10-19(18)15(2)22(14)13-23-16(3)20-11-7-8-12-21(20)17(23)4/h5-12,22-23H,13H2,1-4H3. The smallest absolute Gasteiger partial charge is 0.00286 e. The molecule has 0 saturated heterocycles. The zero-order valence-corrected chi connectivity index (χ0v) is 14.5. The first-order chi connectivity index (χ1) is 11.1. The molecule has 23 heavy (non-hydrogen) atoms. The Morgan fingerprint density at radius 2 is 0.783 bits per heavy atom. The maximum atomic E-state index is 2.33. The molecule has 0 unspecified atom stereocenters. The van der Waals surface area contributed by atoms with Gasteiger partial charge in [-0.3, -0.25) is 0 Å². The van der Waals surface area contributed by atoms with Crippen LogP contribution in [0.15, 0.2) is 48.5 Å². The molecule has 2 aliphatic rings. The number of benzene rings is 2. The van der Waals surface area contributed by atoms with Gasteiger partial charge in [0.15, 0.2) is 0 Å². The summed E-state index contributed by atoms with van der Waals surface area (Å²) in [4.78, 5) is 0. The number of hydrogen-bond donors (Lipinski definition) is 0. The van der Waals surface area contributed by atoms with Gasteiger partial charge in [-0.05, 0) is 55.0 Å². The molecule has 0 amide bonds. The predicted octanol–water partition coefficient (Wildman–Crippen LogP) is 2.72. The number of fused-ring (bicyclic) bond motifs is 2. The molecule has 0 radical (unpaired) electrons. The number of rotatable bonds is 2. The van der Waals surface area contributed by atoms with E-state index in [1.807, 2.05) is 0 Å². The van der Waals surface area contributed by atoms with Crippen LogP contribution in [0.1, 0.15) is 34.1 Å². The van der Waals surface area contributed by atoms with Crippen molar-refractivity contribution in [2.45, 2.75) is 34.1 Å². The highest BCUT2D eigenvalue weighted by molar-refractivity contribution is 5.73. The normalized spacial score (nSPS) is 17.9. The van der Waals surface area contributed by atoms with Crippen molar-refractivity contribution in [2.75, 3.05) is 0 Å². The maximum Gasteiger partial charge on any atom is 0.00286 e. The summed E-state index contributed by atoms with van der Waals surface area (Å²) in [6.07, 6.45) is 1.21. The predicted molar refractivity (Wildman–Crippen MR) is 99.3 cm³/mol. The Kier molecular flexibility index (Phi) is 3.30. The van der Waals surface area contributed by atoms with Gasteiger partial charge in [-0.15, -0.1) is 0 Å². The average Bonchev–Trinajstić information content (AvgIpc) is 2.97. The molecule has 2 aromatic rings. The van der Waals surface area contributed by atoms with Crippen LogP contribution in [-0.4, -0.2) is 0 Å². The highest BCUT2D eigenvalue weighted by Crippen LogP contribution is 2.36. The molecule has 0 bridgehead atoms. The van der Waals surface area contributed by atoms with Crippen LogP contribution in [-0.2, 0) is 0 Å². The number of hydrogen-bond acceptors (Lipinski definition) is 0. The minimum absolute atomic E-state index is 0.580. The molecular weight excluding hydrogens is 276 g/mol. The lowest BCUT2D eigenvalue weighted by Crippen LogP contribution is -2.22. The second-order valence-corrected chi connectivity index (χ2v) is 7.16. The summed E-state index contributed by atoms with van der Waals surface area (Å²) in [6.45, 7) is 9.30. The van der Waals surface area contributed by atoms with E-state index in [9.17, 15) is 0 Å². The van der Waals surface area contributed by atoms with E-state index in [4.69, 9.17) is 0 Å². The fraction of sp³-hybridized carbons (Fsp3) is 0.304. The van der Waals surface area contributed by atoms with E-state index in [0.717, 1.165) is 0 Å². The molecule has 0 heterocycles. The zero-order valence-electron chi connectivity index (χ0n) is 14.5. The topological polar surface area (TPSA) is 0 Å². The molecule has 0 saturated carbocycles. The summed E-state index contributed by atoms with van der Waals surface area (Å²) < 4.78 is 0. The van der Waals surface area contributed by atoms with Crippen molar-refractivity contribution < 1.29 is 0 Å². The lowest BCUT2D eigenvalue weighted by Gasteiger charge is -2.22. The molecule has 2 aliphatic carbocycles. The molecule has 0 nitrogen and oxygen atoms in total. The highest BCUT2D eigenvalue weighted by atomic mass is 14.3. The van der Waals surface area contributed by atoms with Gasteiger partial charge in [-0.2, -0.15) is 0 Å². The third kappa shape index (κ3) is 2.05. The van der Waals surface area contributed by atoms with Gasteiger partial charge in [-0.1, -0.05) is 70.8 Å². The van der Waals surface area contributed by atoms with Crippen molar-refractivity contribution in [1.82, 2.24) is 0 Å². The van der Waals surface area contributed by atoms with E-state index >= 15 is 0 Å². The third-order valence-corrected chi connectivity index (χ3v) is 6.12. The minimum Gasteiger partial charge on any atom is -0.0616 e. The molecule has 2 aromatic carbocycles.